The molecule has 0 spiro atoms. The maximum absolute atomic E-state index is 12.2. The number of methoxy groups -OCH3 is 1. The Labute approximate surface area is 173 Å². The molecule has 3 amide bonds. The number of para-hydroxylation sites is 1. The van der Waals surface area contributed by atoms with Crippen molar-refractivity contribution in [1.29, 1.82) is 0 Å². The largest absolute Gasteiger partial charge is 0.465 e. The second-order valence-corrected chi connectivity index (χ2v) is 7.20. The summed E-state index contributed by atoms with van der Waals surface area (Å²) in [4.78, 5) is 47.9. The molecular formula is C21H25N3O6. The first-order valence-corrected chi connectivity index (χ1v) is 9.90. The number of imide groups is 1. The van der Waals surface area contributed by atoms with E-state index < -0.39 is 30.5 Å². The predicted octanol–water partition coefficient (Wildman–Crippen LogP) is 2.13. The number of fused-ring (bicyclic) bond motifs is 1. The SMILES string of the molecule is COC(=O)c1cn(CC(=O)OCC(=O)NC(=O)NC2CCCCC2)c2ccccc12. The summed E-state index contributed by atoms with van der Waals surface area (Å²) in [6, 6.07) is 6.56. The Morgan fingerprint density at radius 2 is 1.83 bits per heavy atom. The topological polar surface area (TPSA) is 116 Å². The number of benzene rings is 1. The minimum atomic E-state index is -0.704. The molecule has 1 aliphatic rings. The van der Waals surface area contributed by atoms with Gasteiger partial charge in [0.05, 0.1) is 12.7 Å². The Morgan fingerprint density at radius 1 is 1.10 bits per heavy atom. The zero-order valence-electron chi connectivity index (χ0n) is 16.8. The zero-order valence-corrected chi connectivity index (χ0v) is 16.8. The fraction of sp³-hybridized carbons (Fsp3) is 0.429. The molecule has 0 unspecified atom stereocenters. The van der Waals surface area contributed by atoms with Crippen LogP contribution in [-0.4, -0.2) is 48.2 Å². The lowest BCUT2D eigenvalue weighted by Crippen LogP contribution is -2.46. The Kier molecular flexibility index (Phi) is 7.05. The normalized spacial score (nSPS) is 14.2. The summed E-state index contributed by atoms with van der Waals surface area (Å²) >= 11 is 0. The molecule has 0 aliphatic heterocycles. The number of hydrogen-bond acceptors (Lipinski definition) is 6. The van der Waals surface area contributed by atoms with E-state index in [2.05, 4.69) is 10.6 Å². The van der Waals surface area contributed by atoms with E-state index in [0.29, 0.717) is 16.5 Å². The fourth-order valence-corrected chi connectivity index (χ4v) is 3.61. The van der Waals surface area contributed by atoms with Crippen LogP contribution in [0.1, 0.15) is 42.5 Å². The average molecular weight is 415 g/mol. The van der Waals surface area contributed by atoms with E-state index in [9.17, 15) is 19.2 Å². The lowest BCUT2D eigenvalue weighted by atomic mass is 9.96. The molecule has 1 aromatic carbocycles. The molecule has 9 nitrogen and oxygen atoms in total. The van der Waals surface area contributed by atoms with E-state index in [-0.39, 0.29) is 12.6 Å². The summed E-state index contributed by atoms with van der Waals surface area (Å²) in [6.07, 6.45) is 6.58. The molecule has 0 radical (unpaired) electrons. The quantitative estimate of drug-likeness (QED) is 0.699. The van der Waals surface area contributed by atoms with E-state index in [1.54, 1.807) is 28.8 Å². The minimum Gasteiger partial charge on any atom is -0.465 e. The van der Waals surface area contributed by atoms with Gasteiger partial charge >= 0.3 is 18.0 Å². The van der Waals surface area contributed by atoms with Crippen LogP contribution in [0.4, 0.5) is 4.79 Å². The van der Waals surface area contributed by atoms with E-state index in [0.717, 1.165) is 32.1 Å². The third-order valence-corrected chi connectivity index (χ3v) is 5.05. The molecule has 1 aromatic heterocycles. The third kappa shape index (κ3) is 5.37. The van der Waals surface area contributed by atoms with Crippen LogP contribution in [0.3, 0.4) is 0 Å². The van der Waals surface area contributed by atoms with Gasteiger partial charge in [-0.3, -0.25) is 14.9 Å². The number of aromatic nitrogens is 1. The van der Waals surface area contributed by atoms with Crippen LogP contribution in [0, 0.1) is 0 Å². The van der Waals surface area contributed by atoms with Crippen LogP contribution in [0.15, 0.2) is 30.5 Å². The van der Waals surface area contributed by atoms with Crippen molar-refractivity contribution in [2.24, 2.45) is 0 Å². The molecule has 2 aromatic rings. The number of nitrogens with one attached hydrogen (secondary N) is 2. The smallest absolute Gasteiger partial charge is 0.340 e. The summed E-state index contributed by atoms with van der Waals surface area (Å²) in [5, 5.41) is 5.57. The number of amides is 3. The number of esters is 2. The van der Waals surface area contributed by atoms with E-state index in [1.807, 2.05) is 0 Å². The number of ether oxygens (including phenoxy) is 2. The van der Waals surface area contributed by atoms with Crippen LogP contribution < -0.4 is 10.6 Å². The molecule has 1 heterocycles. The first kappa shape index (κ1) is 21.4. The number of urea groups is 1. The Balaban J connectivity index is 1.51. The van der Waals surface area contributed by atoms with Crippen LogP contribution >= 0.6 is 0 Å². The number of carbonyl (C=O) groups is 4. The lowest BCUT2D eigenvalue weighted by Gasteiger charge is -2.22. The van der Waals surface area contributed by atoms with Crippen molar-refractivity contribution in [3.63, 3.8) is 0 Å². The van der Waals surface area contributed by atoms with E-state index >= 15 is 0 Å². The van der Waals surface area contributed by atoms with Crippen LogP contribution in [0.5, 0.6) is 0 Å². The van der Waals surface area contributed by atoms with Crippen molar-refractivity contribution >= 4 is 34.8 Å². The van der Waals surface area contributed by atoms with Gasteiger partial charge in [-0.15, -0.1) is 0 Å². The van der Waals surface area contributed by atoms with E-state index in [4.69, 9.17) is 9.47 Å². The van der Waals surface area contributed by atoms with Crippen LogP contribution in [0.2, 0.25) is 0 Å². The van der Waals surface area contributed by atoms with Crippen LogP contribution in [0.25, 0.3) is 10.9 Å². The molecule has 0 saturated heterocycles. The highest BCUT2D eigenvalue weighted by Gasteiger charge is 2.19. The molecule has 1 fully saturated rings. The lowest BCUT2D eigenvalue weighted by molar-refractivity contribution is -0.148. The van der Waals surface area contributed by atoms with Crippen molar-refractivity contribution in [3.05, 3.63) is 36.0 Å². The second-order valence-electron chi connectivity index (χ2n) is 7.20. The minimum absolute atomic E-state index is 0.0696. The molecule has 0 atom stereocenters. The van der Waals surface area contributed by atoms with Gasteiger partial charge in [0.15, 0.2) is 6.61 Å². The molecule has 1 aliphatic carbocycles. The molecule has 3 rings (SSSR count). The van der Waals surface area contributed by atoms with Crippen LogP contribution in [-0.2, 0) is 25.6 Å². The van der Waals surface area contributed by atoms with Gasteiger partial charge in [0, 0.05) is 23.1 Å². The summed E-state index contributed by atoms with van der Waals surface area (Å²) < 4.78 is 11.3. The highest BCUT2D eigenvalue weighted by molar-refractivity contribution is 6.04. The van der Waals surface area contributed by atoms with Gasteiger partial charge in [-0.25, -0.2) is 9.59 Å². The first-order valence-electron chi connectivity index (χ1n) is 9.90. The number of hydrogen-bond donors (Lipinski definition) is 2. The molecule has 30 heavy (non-hydrogen) atoms. The van der Waals surface area contributed by atoms with Crippen molar-refractivity contribution in [2.45, 2.75) is 44.7 Å². The Bertz CT molecular complexity index is 945. The van der Waals surface area contributed by atoms with Gasteiger partial charge in [0.2, 0.25) is 0 Å². The molecule has 1 saturated carbocycles. The molecule has 160 valence electrons. The fourth-order valence-electron chi connectivity index (χ4n) is 3.61. The van der Waals surface area contributed by atoms with Crippen molar-refractivity contribution in [1.82, 2.24) is 15.2 Å². The molecule has 9 heteroatoms. The molecular weight excluding hydrogens is 390 g/mol. The van der Waals surface area contributed by atoms with Gasteiger partial charge in [-0.1, -0.05) is 37.5 Å². The monoisotopic (exact) mass is 415 g/mol. The number of nitrogens with zero attached hydrogens (tertiary/aromatic N) is 1. The summed E-state index contributed by atoms with van der Waals surface area (Å²) in [7, 11) is 1.28. The second kappa shape index (κ2) is 9.91. The summed E-state index contributed by atoms with van der Waals surface area (Å²) in [6.45, 7) is -0.765. The van der Waals surface area contributed by atoms with Gasteiger partial charge in [0.1, 0.15) is 6.54 Å². The molecule has 0 bridgehead atoms. The maximum atomic E-state index is 12.2. The zero-order chi connectivity index (χ0) is 21.5. The average Bonchev–Trinajstić information content (AvgIpc) is 3.11. The Hall–Kier alpha value is -3.36. The van der Waals surface area contributed by atoms with Crippen molar-refractivity contribution < 1.29 is 28.7 Å². The highest BCUT2D eigenvalue weighted by atomic mass is 16.5. The van der Waals surface area contributed by atoms with Gasteiger partial charge in [-0.2, -0.15) is 0 Å². The maximum Gasteiger partial charge on any atom is 0.340 e. The van der Waals surface area contributed by atoms with Crippen molar-refractivity contribution in [2.75, 3.05) is 13.7 Å². The standard InChI is InChI=1S/C21H25N3O6/c1-29-20(27)16-11-24(17-10-6-5-9-15(16)17)12-19(26)30-13-18(25)23-21(28)22-14-7-3-2-4-8-14/h5-6,9-11,14H,2-4,7-8,12-13H2,1H3,(H2,22,23,25,28). The number of carbonyl (C=O) groups excluding carboxylic acids is 4. The van der Waals surface area contributed by atoms with E-state index in [1.165, 1.54) is 13.3 Å². The Morgan fingerprint density at radius 3 is 2.57 bits per heavy atom. The highest BCUT2D eigenvalue weighted by Crippen LogP contribution is 2.22. The molecule has 2 N–H and O–H groups in total. The first-order chi connectivity index (χ1) is 14.5. The van der Waals surface area contributed by atoms with Gasteiger partial charge in [-0.05, 0) is 18.9 Å². The van der Waals surface area contributed by atoms with Crippen molar-refractivity contribution in [3.8, 4) is 0 Å². The summed E-state index contributed by atoms with van der Waals surface area (Å²) in [5.41, 5.74) is 0.990. The third-order valence-electron chi connectivity index (χ3n) is 5.05. The summed E-state index contributed by atoms with van der Waals surface area (Å²) in [5.74, 6) is -1.89. The number of rotatable bonds is 6. The van der Waals surface area contributed by atoms with Gasteiger partial charge < -0.3 is 19.4 Å². The van der Waals surface area contributed by atoms with Gasteiger partial charge in [0.25, 0.3) is 5.91 Å². The predicted molar refractivity (Wildman–Crippen MR) is 108 cm³/mol.